The van der Waals surface area contributed by atoms with Gasteiger partial charge < -0.3 is 10.1 Å². The van der Waals surface area contributed by atoms with Crippen LogP contribution >= 0.6 is 0 Å². The van der Waals surface area contributed by atoms with Gasteiger partial charge in [-0.25, -0.2) is 17.2 Å². The van der Waals surface area contributed by atoms with Crippen LogP contribution in [0.3, 0.4) is 0 Å². The maximum atomic E-state index is 13.9. The molecule has 1 unspecified atom stereocenters. The molecule has 1 aliphatic rings. The van der Waals surface area contributed by atoms with Crippen molar-refractivity contribution in [1.82, 2.24) is 0 Å². The van der Waals surface area contributed by atoms with Gasteiger partial charge in [-0.2, -0.15) is 0 Å². The van der Waals surface area contributed by atoms with E-state index in [1.807, 2.05) is 0 Å². The molecule has 4 nitrogen and oxygen atoms in total. The molecule has 1 N–H and O–H groups in total. The van der Waals surface area contributed by atoms with Crippen molar-refractivity contribution < 1.29 is 21.9 Å². The second-order valence-electron chi connectivity index (χ2n) is 6.19. The van der Waals surface area contributed by atoms with Crippen molar-refractivity contribution >= 4 is 15.5 Å². The predicted molar refractivity (Wildman–Crippen MR) is 86.9 cm³/mol. The molecule has 1 saturated carbocycles. The average Bonchev–Trinajstić information content (AvgIpc) is 2.44. The van der Waals surface area contributed by atoms with E-state index >= 15 is 0 Å². The molecule has 1 aromatic rings. The zero-order valence-corrected chi connectivity index (χ0v) is 14.3. The van der Waals surface area contributed by atoms with Crippen molar-refractivity contribution in [2.75, 3.05) is 25.2 Å². The van der Waals surface area contributed by atoms with Gasteiger partial charge in [0.25, 0.3) is 5.92 Å². The van der Waals surface area contributed by atoms with Gasteiger partial charge in [0.05, 0.1) is 18.6 Å². The Hall–Kier alpha value is -1.37. The summed E-state index contributed by atoms with van der Waals surface area (Å²) in [6.07, 6.45) is 2.96. The lowest BCUT2D eigenvalue weighted by atomic mass is 9.85. The summed E-state index contributed by atoms with van der Waals surface area (Å²) in [5.41, 5.74) is 1.15. The number of hydrogen-bond acceptors (Lipinski definition) is 4. The highest BCUT2D eigenvalue weighted by molar-refractivity contribution is 7.89. The number of ether oxygens (including phenoxy) is 1. The minimum atomic E-state index is -3.16. The summed E-state index contributed by atoms with van der Waals surface area (Å²) in [6, 6.07) is 4.98. The van der Waals surface area contributed by atoms with E-state index in [1.165, 1.54) is 7.11 Å². The van der Waals surface area contributed by atoms with E-state index in [0.29, 0.717) is 29.8 Å². The number of alkyl halides is 2. The van der Waals surface area contributed by atoms with Gasteiger partial charge in [0.15, 0.2) is 9.84 Å². The first kappa shape index (κ1) is 18.0. The summed E-state index contributed by atoms with van der Waals surface area (Å²) < 4.78 is 55.8. The minimum Gasteiger partial charge on any atom is -0.495 e. The molecule has 0 aliphatic heterocycles. The summed E-state index contributed by atoms with van der Waals surface area (Å²) in [7, 11) is -1.66. The zero-order chi connectivity index (χ0) is 17.1. The molecule has 23 heavy (non-hydrogen) atoms. The van der Waals surface area contributed by atoms with Crippen LogP contribution in [0.4, 0.5) is 14.5 Å². The molecule has 0 spiro atoms. The lowest BCUT2D eigenvalue weighted by Crippen LogP contribution is -2.36. The molecule has 1 aromatic carbocycles. The van der Waals surface area contributed by atoms with Crippen LogP contribution < -0.4 is 10.1 Å². The smallest absolute Gasteiger partial charge is 0.252 e. The van der Waals surface area contributed by atoms with Gasteiger partial charge in [0.1, 0.15) is 5.75 Å². The van der Waals surface area contributed by atoms with Gasteiger partial charge in [0, 0.05) is 25.1 Å². The van der Waals surface area contributed by atoms with Gasteiger partial charge in [-0.15, -0.1) is 0 Å². The summed E-state index contributed by atoms with van der Waals surface area (Å²) in [6.45, 7) is 0.145. The number of hydrogen-bond donors (Lipinski definition) is 1. The Morgan fingerprint density at radius 3 is 2.70 bits per heavy atom. The van der Waals surface area contributed by atoms with Crippen molar-refractivity contribution in [3.8, 4) is 5.75 Å². The first-order valence-corrected chi connectivity index (χ1v) is 9.73. The Balaban J connectivity index is 2.12. The third-order valence-corrected chi connectivity index (χ3v) is 5.00. The number of halogens is 2. The Morgan fingerprint density at radius 1 is 1.35 bits per heavy atom. The Labute approximate surface area is 136 Å². The fourth-order valence-corrected chi connectivity index (χ4v) is 3.72. The zero-order valence-electron chi connectivity index (χ0n) is 13.4. The van der Waals surface area contributed by atoms with E-state index < -0.39 is 21.7 Å². The first-order chi connectivity index (χ1) is 10.7. The molecule has 1 atom stereocenters. The van der Waals surface area contributed by atoms with E-state index in [-0.39, 0.29) is 18.7 Å². The van der Waals surface area contributed by atoms with Crippen LogP contribution in [0.25, 0.3) is 0 Å². The Bertz CT molecular complexity index is 647. The lowest BCUT2D eigenvalue weighted by molar-refractivity contribution is -0.0802. The normalized spacial score (nSPS) is 21.0. The van der Waals surface area contributed by atoms with E-state index in [1.54, 1.807) is 18.2 Å². The fourth-order valence-electron chi connectivity index (χ4n) is 2.94. The minimum absolute atomic E-state index is 0.0649. The van der Waals surface area contributed by atoms with Gasteiger partial charge in [0.2, 0.25) is 0 Å². The first-order valence-electron chi connectivity index (χ1n) is 7.67. The molecule has 2 rings (SSSR count). The highest BCUT2D eigenvalue weighted by Gasteiger charge is 2.41. The molecular formula is C16H23F2NO3S. The molecule has 1 aliphatic carbocycles. The van der Waals surface area contributed by atoms with E-state index in [0.717, 1.165) is 12.7 Å². The average molecular weight is 347 g/mol. The van der Waals surface area contributed by atoms with Crippen LogP contribution in [-0.2, 0) is 15.6 Å². The molecule has 0 saturated heterocycles. The number of anilines is 1. The van der Waals surface area contributed by atoms with E-state index in [9.17, 15) is 17.2 Å². The third kappa shape index (κ3) is 5.06. The van der Waals surface area contributed by atoms with Crippen LogP contribution in [0.1, 0.15) is 31.2 Å². The van der Waals surface area contributed by atoms with Crippen LogP contribution in [0.2, 0.25) is 0 Å². The molecule has 1 fully saturated rings. The van der Waals surface area contributed by atoms with Crippen molar-refractivity contribution in [2.45, 2.75) is 37.4 Å². The predicted octanol–water partition coefficient (Wildman–Crippen LogP) is 3.48. The molecule has 0 amide bonds. The second kappa shape index (κ2) is 7.03. The van der Waals surface area contributed by atoms with E-state index in [2.05, 4.69) is 5.32 Å². The summed E-state index contributed by atoms with van der Waals surface area (Å²) >= 11 is 0. The number of rotatable bonds is 6. The van der Waals surface area contributed by atoms with Crippen LogP contribution in [-0.4, -0.2) is 34.3 Å². The van der Waals surface area contributed by atoms with Crippen LogP contribution in [0, 0.1) is 5.92 Å². The van der Waals surface area contributed by atoms with Crippen LogP contribution in [0.15, 0.2) is 18.2 Å². The summed E-state index contributed by atoms with van der Waals surface area (Å²) in [4.78, 5) is 0. The molecule has 0 radical (unpaired) electrons. The summed E-state index contributed by atoms with van der Waals surface area (Å²) in [5, 5.41) is 3.02. The molecule has 0 heterocycles. The third-order valence-electron chi connectivity index (χ3n) is 4.14. The highest BCUT2D eigenvalue weighted by atomic mass is 32.2. The van der Waals surface area contributed by atoms with Crippen molar-refractivity contribution in [2.24, 2.45) is 5.92 Å². The molecule has 0 bridgehead atoms. The topological polar surface area (TPSA) is 55.4 Å². The van der Waals surface area contributed by atoms with Crippen molar-refractivity contribution in [3.63, 3.8) is 0 Å². The maximum absolute atomic E-state index is 13.9. The standard InChI is InChI=1S/C16H23F2NO3S/c1-22-15-7-6-12(11-23(2,20)21)9-14(15)19-10-13-5-3-4-8-16(13,17)18/h6-7,9,13,19H,3-5,8,10-11H2,1-2H3. The molecule has 130 valence electrons. The number of nitrogens with one attached hydrogen (secondary N) is 1. The number of benzene rings is 1. The molecule has 7 heteroatoms. The van der Waals surface area contributed by atoms with Crippen LogP contribution in [0.5, 0.6) is 5.75 Å². The summed E-state index contributed by atoms with van der Waals surface area (Å²) in [5.74, 6) is -2.94. The SMILES string of the molecule is COc1ccc(CS(C)(=O)=O)cc1NCC1CCCCC1(F)F. The van der Waals surface area contributed by atoms with Gasteiger partial charge in [-0.05, 0) is 30.5 Å². The van der Waals surface area contributed by atoms with Gasteiger partial charge in [-0.3, -0.25) is 0 Å². The fraction of sp³-hybridized carbons (Fsp3) is 0.625. The highest BCUT2D eigenvalue weighted by Crippen LogP contribution is 2.39. The number of methoxy groups -OCH3 is 1. The molecule has 0 aromatic heterocycles. The maximum Gasteiger partial charge on any atom is 0.252 e. The molecular weight excluding hydrogens is 324 g/mol. The van der Waals surface area contributed by atoms with E-state index in [4.69, 9.17) is 4.74 Å². The van der Waals surface area contributed by atoms with Crippen molar-refractivity contribution in [1.29, 1.82) is 0 Å². The Morgan fingerprint density at radius 2 is 2.09 bits per heavy atom. The number of sulfone groups is 1. The lowest BCUT2D eigenvalue weighted by Gasteiger charge is -2.31. The second-order valence-corrected chi connectivity index (χ2v) is 8.33. The van der Waals surface area contributed by atoms with Gasteiger partial charge >= 0.3 is 0 Å². The monoisotopic (exact) mass is 347 g/mol. The van der Waals surface area contributed by atoms with Gasteiger partial charge in [-0.1, -0.05) is 12.5 Å². The largest absolute Gasteiger partial charge is 0.495 e. The quantitative estimate of drug-likeness (QED) is 0.856. The van der Waals surface area contributed by atoms with Crippen molar-refractivity contribution in [3.05, 3.63) is 23.8 Å². The Kier molecular flexibility index (Phi) is 5.49.